The largest absolute Gasteiger partial charge is 0.388 e. The second-order valence-electron chi connectivity index (χ2n) is 4.92. The summed E-state index contributed by atoms with van der Waals surface area (Å²) in [6.45, 7) is 2.59. The third-order valence-electron chi connectivity index (χ3n) is 3.55. The maximum Gasteiger partial charge on any atom is 0.223 e. The molecule has 0 aliphatic carbocycles. The summed E-state index contributed by atoms with van der Waals surface area (Å²) in [5.74, 6) is 0.0441. The fourth-order valence-corrected chi connectivity index (χ4v) is 2.54. The molecule has 0 radical (unpaired) electrons. The molecule has 1 amide bonds. The van der Waals surface area contributed by atoms with Gasteiger partial charge < -0.3 is 10.0 Å². The maximum atomic E-state index is 11.6. The van der Waals surface area contributed by atoms with Crippen molar-refractivity contribution in [1.29, 1.82) is 0 Å². The van der Waals surface area contributed by atoms with Gasteiger partial charge in [0.1, 0.15) is 0 Å². The molecule has 0 bridgehead atoms. The van der Waals surface area contributed by atoms with Crippen LogP contribution in [-0.2, 0) is 11.2 Å². The zero-order chi connectivity index (χ0) is 14.5. The first-order valence-corrected chi connectivity index (χ1v) is 6.73. The first-order valence-electron chi connectivity index (χ1n) is 6.73. The molecule has 106 valence electrons. The van der Waals surface area contributed by atoms with Crippen LogP contribution in [0.3, 0.4) is 0 Å². The van der Waals surface area contributed by atoms with Crippen molar-refractivity contribution < 1.29 is 9.90 Å². The number of rotatable bonds is 4. The molecule has 1 aliphatic heterocycles. The number of azide groups is 1. The van der Waals surface area contributed by atoms with Gasteiger partial charge >= 0.3 is 0 Å². The van der Waals surface area contributed by atoms with Crippen LogP contribution in [0.25, 0.3) is 10.4 Å². The van der Waals surface area contributed by atoms with E-state index in [0.717, 1.165) is 36.2 Å². The lowest BCUT2D eigenvalue weighted by Gasteiger charge is -2.29. The van der Waals surface area contributed by atoms with Gasteiger partial charge in [-0.2, -0.15) is 0 Å². The normalized spacial score (nSPS) is 15.2. The monoisotopic (exact) mass is 274 g/mol. The summed E-state index contributed by atoms with van der Waals surface area (Å²) < 4.78 is 0. The first kappa shape index (κ1) is 14.4. The third kappa shape index (κ3) is 3.10. The zero-order valence-corrected chi connectivity index (χ0v) is 11.5. The van der Waals surface area contributed by atoms with Crippen LogP contribution in [0, 0.1) is 0 Å². The molecule has 1 heterocycles. The number of benzene rings is 1. The highest BCUT2D eigenvalue weighted by atomic mass is 16.3. The minimum absolute atomic E-state index is 0.0441. The van der Waals surface area contributed by atoms with Gasteiger partial charge in [-0.1, -0.05) is 17.2 Å². The predicted octanol–water partition coefficient (Wildman–Crippen LogP) is 2.72. The van der Waals surface area contributed by atoms with Crippen LogP contribution >= 0.6 is 0 Å². The van der Waals surface area contributed by atoms with Crippen molar-refractivity contribution in [3.05, 3.63) is 39.8 Å². The Morgan fingerprint density at radius 3 is 3.10 bits per heavy atom. The Hall–Kier alpha value is -2.04. The minimum Gasteiger partial charge on any atom is -0.388 e. The summed E-state index contributed by atoms with van der Waals surface area (Å²) >= 11 is 0. The van der Waals surface area contributed by atoms with Gasteiger partial charge in [0.2, 0.25) is 5.91 Å². The van der Waals surface area contributed by atoms with E-state index in [1.54, 1.807) is 11.8 Å². The number of carbonyl (C=O) groups is 1. The fourth-order valence-electron chi connectivity index (χ4n) is 2.54. The molecule has 0 spiro atoms. The van der Waals surface area contributed by atoms with Crippen molar-refractivity contribution >= 4 is 11.6 Å². The van der Waals surface area contributed by atoms with E-state index in [9.17, 15) is 9.90 Å². The fraction of sp³-hybridized carbons (Fsp3) is 0.500. The highest BCUT2D eigenvalue weighted by Gasteiger charge is 2.20. The average molecular weight is 274 g/mol. The van der Waals surface area contributed by atoms with Crippen molar-refractivity contribution in [2.24, 2.45) is 5.11 Å². The van der Waals surface area contributed by atoms with Gasteiger partial charge in [-0.3, -0.25) is 4.79 Å². The van der Waals surface area contributed by atoms with Crippen molar-refractivity contribution in [3.8, 4) is 0 Å². The van der Waals surface area contributed by atoms with Gasteiger partial charge in [0, 0.05) is 30.6 Å². The van der Waals surface area contributed by atoms with E-state index >= 15 is 0 Å². The van der Waals surface area contributed by atoms with Crippen LogP contribution in [0.4, 0.5) is 5.69 Å². The topological polar surface area (TPSA) is 89.3 Å². The van der Waals surface area contributed by atoms with Crippen molar-refractivity contribution in [2.75, 3.05) is 18.0 Å². The number of hydrogen-bond acceptors (Lipinski definition) is 3. The standard InChI is InChI=1S/C14H18N4O2/c1-10(19)18-8-2-3-11-9-12(4-5-13(11)18)14(20)6-7-16-17-15/h4-5,9,14,20H,2-3,6-8H2,1H3. The number of carbonyl (C=O) groups excluding carboxylic acids is 1. The molecule has 6 nitrogen and oxygen atoms in total. The van der Waals surface area contributed by atoms with Crippen molar-refractivity contribution in [1.82, 2.24) is 0 Å². The summed E-state index contributed by atoms with van der Waals surface area (Å²) in [4.78, 5) is 16.0. The van der Waals surface area contributed by atoms with Crippen LogP contribution in [0.5, 0.6) is 0 Å². The van der Waals surface area contributed by atoms with Crippen LogP contribution in [0.15, 0.2) is 23.3 Å². The average Bonchev–Trinajstić information content (AvgIpc) is 2.46. The van der Waals surface area contributed by atoms with Crippen molar-refractivity contribution in [3.63, 3.8) is 0 Å². The number of fused-ring (bicyclic) bond motifs is 1. The molecule has 1 unspecified atom stereocenters. The van der Waals surface area contributed by atoms with E-state index < -0.39 is 6.10 Å². The number of aliphatic hydroxyl groups is 1. The first-order chi connectivity index (χ1) is 9.63. The highest BCUT2D eigenvalue weighted by molar-refractivity contribution is 5.92. The molecule has 0 aromatic heterocycles. The summed E-state index contributed by atoms with van der Waals surface area (Å²) in [5, 5.41) is 13.5. The SMILES string of the molecule is CC(=O)N1CCCc2cc(C(O)CCN=[N+]=[N-])ccc21. The molecule has 1 atom stereocenters. The molecule has 1 N–H and O–H groups in total. The Labute approximate surface area is 117 Å². The van der Waals surface area contributed by atoms with Crippen LogP contribution in [-0.4, -0.2) is 24.1 Å². The quantitative estimate of drug-likeness (QED) is 0.519. The smallest absolute Gasteiger partial charge is 0.223 e. The Morgan fingerprint density at radius 1 is 1.60 bits per heavy atom. The molecule has 1 aromatic rings. The summed E-state index contributed by atoms with van der Waals surface area (Å²) in [6.07, 6.45) is 1.61. The van der Waals surface area contributed by atoms with Gasteiger partial charge in [0.05, 0.1) is 6.10 Å². The highest BCUT2D eigenvalue weighted by Crippen LogP contribution is 2.30. The Kier molecular flexibility index (Phi) is 4.61. The van der Waals surface area contributed by atoms with Gasteiger partial charge in [-0.25, -0.2) is 0 Å². The molecule has 0 fully saturated rings. The second-order valence-corrected chi connectivity index (χ2v) is 4.92. The molecule has 20 heavy (non-hydrogen) atoms. The van der Waals surface area contributed by atoms with E-state index in [4.69, 9.17) is 5.53 Å². The van der Waals surface area contributed by atoms with Crippen molar-refractivity contribution in [2.45, 2.75) is 32.3 Å². The zero-order valence-electron chi connectivity index (χ0n) is 11.5. The molecule has 2 rings (SSSR count). The lowest BCUT2D eigenvalue weighted by Crippen LogP contribution is -2.33. The Morgan fingerprint density at radius 2 is 2.40 bits per heavy atom. The number of hydrogen-bond donors (Lipinski definition) is 1. The van der Waals surface area contributed by atoms with Crippen LogP contribution < -0.4 is 4.90 Å². The number of aliphatic hydroxyl groups excluding tert-OH is 1. The molecule has 0 saturated heterocycles. The molecule has 0 saturated carbocycles. The number of aryl methyl sites for hydroxylation is 1. The molecular formula is C14H18N4O2. The number of nitrogens with zero attached hydrogens (tertiary/aromatic N) is 4. The van der Waals surface area contributed by atoms with E-state index in [1.807, 2.05) is 18.2 Å². The summed E-state index contributed by atoms with van der Waals surface area (Å²) in [6, 6.07) is 5.67. The van der Waals surface area contributed by atoms with Gasteiger partial charge in [-0.15, -0.1) is 0 Å². The van der Waals surface area contributed by atoms with E-state index in [0.29, 0.717) is 6.42 Å². The Bertz CT molecular complexity index is 552. The predicted molar refractivity (Wildman–Crippen MR) is 76.4 cm³/mol. The minimum atomic E-state index is -0.640. The molecule has 1 aliphatic rings. The molecule has 6 heteroatoms. The van der Waals surface area contributed by atoms with E-state index in [-0.39, 0.29) is 12.5 Å². The Balaban J connectivity index is 2.18. The lowest BCUT2D eigenvalue weighted by molar-refractivity contribution is -0.116. The van der Waals surface area contributed by atoms with E-state index in [1.165, 1.54) is 0 Å². The van der Waals surface area contributed by atoms with Crippen LogP contribution in [0.1, 0.15) is 37.0 Å². The summed E-state index contributed by atoms with van der Waals surface area (Å²) in [7, 11) is 0. The van der Waals surface area contributed by atoms with Crippen LogP contribution in [0.2, 0.25) is 0 Å². The lowest BCUT2D eigenvalue weighted by atomic mass is 9.96. The summed E-state index contributed by atoms with van der Waals surface area (Å²) in [5.41, 5.74) is 11.1. The van der Waals surface area contributed by atoms with Gasteiger partial charge in [-0.05, 0) is 42.0 Å². The second kappa shape index (κ2) is 6.41. The maximum absolute atomic E-state index is 11.6. The number of amides is 1. The van der Waals surface area contributed by atoms with Gasteiger partial charge in [0.15, 0.2) is 0 Å². The van der Waals surface area contributed by atoms with E-state index in [2.05, 4.69) is 10.0 Å². The molecular weight excluding hydrogens is 256 g/mol. The third-order valence-corrected chi connectivity index (χ3v) is 3.55. The van der Waals surface area contributed by atoms with Gasteiger partial charge in [0.25, 0.3) is 0 Å². The molecule has 1 aromatic carbocycles. The number of anilines is 1.